The van der Waals surface area contributed by atoms with Crippen LogP contribution < -0.4 is 0 Å². The zero-order valence-corrected chi connectivity index (χ0v) is 15.5. The summed E-state index contributed by atoms with van der Waals surface area (Å²) in [6, 6.07) is 9.58. The first-order valence-electron chi connectivity index (χ1n) is 7.57. The topological polar surface area (TPSA) is 44.8 Å². The summed E-state index contributed by atoms with van der Waals surface area (Å²) in [5.74, 6) is 0. The summed E-state index contributed by atoms with van der Waals surface area (Å²) >= 11 is 0. The minimum Gasteiger partial charge on any atom is -0.286 e. The van der Waals surface area contributed by atoms with Crippen molar-refractivity contribution in [3.63, 3.8) is 0 Å². The third-order valence-corrected chi connectivity index (χ3v) is 3.88. The lowest BCUT2D eigenvalue weighted by atomic mass is 9.99. The fourth-order valence-corrected chi connectivity index (χ4v) is 3.01. The van der Waals surface area contributed by atoms with Gasteiger partial charge in [0.05, 0.1) is 19.8 Å². The molecule has 0 aromatic heterocycles. The quantitative estimate of drug-likeness (QED) is 0.625. The van der Waals surface area contributed by atoms with Crippen LogP contribution in [-0.4, -0.2) is 13.2 Å². The van der Waals surface area contributed by atoms with Gasteiger partial charge in [0, 0.05) is 0 Å². The van der Waals surface area contributed by atoms with E-state index in [2.05, 4.69) is 0 Å². The molecule has 0 fully saturated rings. The molecule has 1 aromatic rings. The maximum absolute atomic E-state index is 12.8. The molecule has 0 bridgehead atoms. The fourth-order valence-electron chi connectivity index (χ4n) is 1.39. The third kappa shape index (κ3) is 8.70. The molecule has 0 atom stereocenters. The molecular weight excluding hydrogens is 299 g/mol. The Morgan fingerprint density at radius 1 is 0.818 bits per heavy atom. The first kappa shape index (κ1) is 19.4. The van der Waals surface area contributed by atoms with Gasteiger partial charge in [-0.3, -0.25) is 13.6 Å². The second kappa shape index (κ2) is 7.74. The van der Waals surface area contributed by atoms with E-state index in [1.54, 1.807) is 0 Å². The number of phosphoric ester groups is 1. The average Bonchev–Trinajstić information content (AvgIpc) is 2.41. The molecule has 0 radical (unpaired) electrons. The monoisotopic (exact) mass is 328 g/mol. The third-order valence-electron chi connectivity index (χ3n) is 2.54. The van der Waals surface area contributed by atoms with Crippen molar-refractivity contribution in [1.82, 2.24) is 0 Å². The van der Waals surface area contributed by atoms with Gasteiger partial charge in [-0.25, -0.2) is 4.57 Å². The van der Waals surface area contributed by atoms with Crippen LogP contribution >= 0.6 is 7.82 Å². The van der Waals surface area contributed by atoms with Gasteiger partial charge in [0.15, 0.2) is 0 Å². The lowest BCUT2D eigenvalue weighted by Crippen LogP contribution is -2.18. The van der Waals surface area contributed by atoms with Crippen molar-refractivity contribution >= 4 is 7.82 Å². The van der Waals surface area contributed by atoms with Crippen LogP contribution in [0.4, 0.5) is 0 Å². The summed E-state index contributed by atoms with van der Waals surface area (Å²) in [6.07, 6.45) is 0. The maximum Gasteiger partial charge on any atom is 0.475 e. The zero-order chi connectivity index (χ0) is 16.9. The molecule has 0 saturated heterocycles. The second-order valence-corrected chi connectivity index (χ2v) is 9.54. The van der Waals surface area contributed by atoms with Gasteiger partial charge in [-0.1, -0.05) is 71.9 Å². The van der Waals surface area contributed by atoms with Gasteiger partial charge < -0.3 is 0 Å². The molecular formula is C17H29O4P. The maximum atomic E-state index is 12.8. The lowest BCUT2D eigenvalue weighted by molar-refractivity contribution is 0.0625. The molecule has 4 nitrogen and oxygen atoms in total. The molecule has 0 aliphatic rings. The number of benzene rings is 1. The van der Waals surface area contributed by atoms with Gasteiger partial charge in [0.2, 0.25) is 0 Å². The van der Waals surface area contributed by atoms with Crippen LogP contribution in [0.25, 0.3) is 0 Å². The highest BCUT2D eigenvalue weighted by Gasteiger charge is 2.31. The Hall–Kier alpha value is -0.670. The Morgan fingerprint density at radius 3 is 1.68 bits per heavy atom. The molecule has 0 aliphatic heterocycles. The number of rotatable bonds is 7. The van der Waals surface area contributed by atoms with E-state index in [1.807, 2.05) is 71.9 Å². The van der Waals surface area contributed by atoms with E-state index in [4.69, 9.17) is 13.6 Å². The van der Waals surface area contributed by atoms with Crippen molar-refractivity contribution in [2.75, 3.05) is 13.2 Å². The molecule has 0 amide bonds. The predicted molar refractivity (Wildman–Crippen MR) is 89.7 cm³/mol. The first-order valence-corrected chi connectivity index (χ1v) is 9.03. The highest BCUT2D eigenvalue weighted by Crippen LogP contribution is 2.52. The van der Waals surface area contributed by atoms with Crippen LogP contribution in [0.1, 0.15) is 47.1 Å². The summed E-state index contributed by atoms with van der Waals surface area (Å²) < 4.78 is 29.4. The molecule has 126 valence electrons. The van der Waals surface area contributed by atoms with Gasteiger partial charge in [-0.15, -0.1) is 0 Å². The van der Waals surface area contributed by atoms with Crippen LogP contribution in [0.5, 0.6) is 0 Å². The van der Waals surface area contributed by atoms with Crippen molar-refractivity contribution in [2.24, 2.45) is 10.8 Å². The van der Waals surface area contributed by atoms with Gasteiger partial charge in [0.1, 0.15) is 0 Å². The minimum absolute atomic E-state index is 0.114. The molecule has 0 aliphatic carbocycles. The van der Waals surface area contributed by atoms with Crippen molar-refractivity contribution in [3.05, 3.63) is 35.9 Å². The van der Waals surface area contributed by atoms with E-state index in [0.29, 0.717) is 13.2 Å². The second-order valence-electron chi connectivity index (χ2n) is 7.87. The lowest BCUT2D eigenvalue weighted by Gasteiger charge is -2.26. The largest absolute Gasteiger partial charge is 0.475 e. The summed E-state index contributed by atoms with van der Waals surface area (Å²) in [4.78, 5) is 0. The Balaban J connectivity index is 2.70. The molecule has 0 unspecified atom stereocenters. The SMILES string of the molecule is CC(C)(C)COP(=O)(OCc1ccccc1)OCC(C)(C)C. The van der Waals surface area contributed by atoms with Crippen molar-refractivity contribution in [1.29, 1.82) is 0 Å². The van der Waals surface area contributed by atoms with E-state index in [-0.39, 0.29) is 17.4 Å². The van der Waals surface area contributed by atoms with Crippen molar-refractivity contribution in [2.45, 2.75) is 48.1 Å². The fraction of sp³-hybridized carbons (Fsp3) is 0.647. The Kier molecular flexibility index (Phi) is 6.82. The van der Waals surface area contributed by atoms with Crippen LogP contribution in [0.2, 0.25) is 0 Å². The molecule has 0 N–H and O–H groups in total. The molecule has 22 heavy (non-hydrogen) atoms. The smallest absolute Gasteiger partial charge is 0.286 e. The molecule has 0 heterocycles. The number of phosphoric acid groups is 1. The van der Waals surface area contributed by atoms with Gasteiger partial charge >= 0.3 is 7.82 Å². The van der Waals surface area contributed by atoms with Crippen molar-refractivity contribution in [3.8, 4) is 0 Å². The van der Waals surface area contributed by atoms with E-state index >= 15 is 0 Å². The zero-order valence-electron chi connectivity index (χ0n) is 14.6. The standard InChI is InChI=1S/C17H29O4P/c1-16(2,3)13-20-22(18,21-14-17(4,5)6)19-12-15-10-8-7-9-11-15/h7-11H,12-14H2,1-6H3. The number of hydrogen-bond donors (Lipinski definition) is 0. The molecule has 1 aromatic carbocycles. The highest BCUT2D eigenvalue weighted by atomic mass is 31.2. The molecule has 0 spiro atoms. The normalized spacial score (nSPS) is 13.4. The Morgan fingerprint density at radius 2 is 1.27 bits per heavy atom. The molecule has 1 rings (SSSR count). The number of hydrogen-bond acceptors (Lipinski definition) is 4. The van der Waals surface area contributed by atoms with Gasteiger partial charge in [-0.2, -0.15) is 0 Å². The summed E-state index contributed by atoms with van der Waals surface area (Å²) in [5.41, 5.74) is 0.703. The van der Waals surface area contributed by atoms with E-state index in [9.17, 15) is 4.57 Å². The minimum atomic E-state index is -3.58. The highest BCUT2D eigenvalue weighted by molar-refractivity contribution is 7.48. The molecule has 0 saturated carbocycles. The van der Waals surface area contributed by atoms with E-state index in [0.717, 1.165) is 5.56 Å². The summed E-state index contributed by atoms with van der Waals surface area (Å²) in [6.45, 7) is 12.9. The van der Waals surface area contributed by atoms with Gasteiger partial charge in [0.25, 0.3) is 0 Å². The summed E-state index contributed by atoms with van der Waals surface area (Å²) in [7, 11) is -3.58. The van der Waals surface area contributed by atoms with E-state index in [1.165, 1.54) is 0 Å². The van der Waals surface area contributed by atoms with Crippen LogP contribution in [0, 0.1) is 10.8 Å². The predicted octanol–water partition coefficient (Wildman–Crippen LogP) is 5.44. The van der Waals surface area contributed by atoms with Crippen LogP contribution in [0.15, 0.2) is 30.3 Å². The van der Waals surface area contributed by atoms with Crippen LogP contribution in [0.3, 0.4) is 0 Å². The molecule has 5 heteroatoms. The Labute approximate surface area is 134 Å². The van der Waals surface area contributed by atoms with Gasteiger partial charge in [-0.05, 0) is 16.4 Å². The van der Waals surface area contributed by atoms with E-state index < -0.39 is 7.82 Å². The average molecular weight is 328 g/mol. The first-order chi connectivity index (χ1) is 9.99. The van der Waals surface area contributed by atoms with Crippen molar-refractivity contribution < 1.29 is 18.1 Å². The Bertz CT molecular complexity index is 464. The summed E-state index contributed by atoms with van der Waals surface area (Å²) in [5, 5.41) is 0. The van der Waals surface area contributed by atoms with Crippen LogP contribution in [-0.2, 0) is 24.7 Å².